The van der Waals surface area contributed by atoms with Crippen LogP contribution in [0, 0.1) is 0 Å². The number of imidazole rings is 1. The Bertz CT molecular complexity index is 396. The van der Waals surface area contributed by atoms with Crippen LogP contribution in [0.2, 0.25) is 0 Å². The highest BCUT2D eigenvalue weighted by Gasteiger charge is 2.01. The number of nitrogens with zero attached hydrogens (tertiary/aromatic N) is 1. The third kappa shape index (κ3) is 1.54. The molecule has 13 heavy (non-hydrogen) atoms. The molecule has 2 rings (SSSR count). The van der Waals surface area contributed by atoms with Gasteiger partial charge in [0.1, 0.15) is 0 Å². The lowest BCUT2D eigenvalue weighted by molar-refractivity contribution is 0.141. The molecule has 1 heterocycles. The maximum absolute atomic E-state index is 4.97. The highest BCUT2D eigenvalue weighted by Crippen LogP contribution is 2.14. The minimum Gasteiger partial charge on any atom is -0.345 e. The second kappa shape index (κ2) is 3.55. The zero-order chi connectivity index (χ0) is 9.10. The van der Waals surface area contributed by atoms with Gasteiger partial charge in [-0.15, -0.1) is 0 Å². The fourth-order valence-corrected chi connectivity index (χ4v) is 1.40. The first-order chi connectivity index (χ1) is 6.42. The number of H-pyrrole nitrogens is 1. The lowest BCUT2D eigenvalue weighted by Gasteiger charge is -2.00. The van der Waals surface area contributed by atoms with Gasteiger partial charge in [-0.05, 0) is 18.1 Å². The number of aromatic nitrogens is 2. The van der Waals surface area contributed by atoms with E-state index in [1.165, 1.54) is 0 Å². The topological polar surface area (TPSA) is 63.9 Å². The molecule has 0 amide bonds. The van der Waals surface area contributed by atoms with Crippen LogP contribution in [0.15, 0.2) is 24.5 Å². The fraction of sp³-hybridized carbons (Fsp3) is 0.222. The SMILES string of the molecule is NOCCc1cccc2[nH]cnc12. The maximum atomic E-state index is 4.97. The second-order valence-electron chi connectivity index (χ2n) is 2.84. The van der Waals surface area contributed by atoms with Crippen LogP contribution in [-0.2, 0) is 11.3 Å². The van der Waals surface area contributed by atoms with Crippen molar-refractivity contribution < 1.29 is 4.84 Å². The molecule has 1 aromatic heterocycles. The van der Waals surface area contributed by atoms with E-state index in [0.29, 0.717) is 6.61 Å². The largest absolute Gasteiger partial charge is 0.345 e. The summed E-state index contributed by atoms with van der Waals surface area (Å²) in [5.74, 6) is 4.97. The number of nitrogens with two attached hydrogens (primary N) is 1. The molecule has 1 aromatic carbocycles. The van der Waals surface area contributed by atoms with Crippen molar-refractivity contribution in [1.29, 1.82) is 0 Å². The smallest absolute Gasteiger partial charge is 0.0931 e. The summed E-state index contributed by atoms with van der Waals surface area (Å²) < 4.78 is 0. The number of fused-ring (bicyclic) bond motifs is 1. The van der Waals surface area contributed by atoms with Crippen LogP contribution in [-0.4, -0.2) is 16.6 Å². The molecule has 0 saturated heterocycles. The van der Waals surface area contributed by atoms with Gasteiger partial charge in [-0.1, -0.05) is 12.1 Å². The van der Waals surface area contributed by atoms with E-state index in [1.54, 1.807) is 6.33 Å². The molecule has 0 unspecified atom stereocenters. The molecule has 2 aromatic rings. The van der Waals surface area contributed by atoms with Crippen LogP contribution in [0.3, 0.4) is 0 Å². The van der Waals surface area contributed by atoms with Gasteiger partial charge in [0, 0.05) is 0 Å². The van der Waals surface area contributed by atoms with E-state index in [2.05, 4.69) is 14.8 Å². The minimum atomic E-state index is 0.520. The van der Waals surface area contributed by atoms with E-state index in [1.807, 2.05) is 18.2 Å². The van der Waals surface area contributed by atoms with Gasteiger partial charge in [0.15, 0.2) is 0 Å². The summed E-state index contributed by atoms with van der Waals surface area (Å²) in [6, 6.07) is 6.02. The van der Waals surface area contributed by atoms with Crippen molar-refractivity contribution in [1.82, 2.24) is 9.97 Å². The van der Waals surface area contributed by atoms with E-state index in [0.717, 1.165) is 23.0 Å². The summed E-state index contributed by atoms with van der Waals surface area (Å²) >= 11 is 0. The first-order valence-corrected chi connectivity index (χ1v) is 4.14. The summed E-state index contributed by atoms with van der Waals surface area (Å²) in [7, 11) is 0. The Kier molecular flexibility index (Phi) is 2.25. The lowest BCUT2D eigenvalue weighted by atomic mass is 10.1. The number of nitrogens with one attached hydrogen (secondary N) is 1. The molecule has 0 saturated carbocycles. The predicted molar refractivity (Wildman–Crippen MR) is 49.9 cm³/mol. The summed E-state index contributed by atoms with van der Waals surface area (Å²) in [6.45, 7) is 0.520. The third-order valence-corrected chi connectivity index (χ3v) is 2.02. The molecule has 0 aliphatic heterocycles. The van der Waals surface area contributed by atoms with E-state index in [4.69, 9.17) is 5.90 Å². The number of hydrogen-bond donors (Lipinski definition) is 2. The Labute approximate surface area is 75.7 Å². The van der Waals surface area contributed by atoms with Crippen LogP contribution < -0.4 is 5.90 Å². The first kappa shape index (κ1) is 8.22. The van der Waals surface area contributed by atoms with Gasteiger partial charge in [-0.2, -0.15) is 0 Å². The monoisotopic (exact) mass is 177 g/mol. The molecule has 3 N–H and O–H groups in total. The van der Waals surface area contributed by atoms with Crippen molar-refractivity contribution in [3.63, 3.8) is 0 Å². The van der Waals surface area contributed by atoms with Crippen LogP contribution in [0.25, 0.3) is 11.0 Å². The van der Waals surface area contributed by atoms with Gasteiger partial charge < -0.3 is 9.82 Å². The van der Waals surface area contributed by atoms with Crippen LogP contribution >= 0.6 is 0 Å². The van der Waals surface area contributed by atoms with Crippen molar-refractivity contribution in [2.75, 3.05) is 6.61 Å². The summed E-state index contributed by atoms with van der Waals surface area (Å²) in [6.07, 6.45) is 2.48. The van der Waals surface area contributed by atoms with Gasteiger partial charge in [-0.3, -0.25) is 0 Å². The van der Waals surface area contributed by atoms with E-state index in [9.17, 15) is 0 Å². The van der Waals surface area contributed by atoms with Crippen molar-refractivity contribution >= 4 is 11.0 Å². The van der Waals surface area contributed by atoms with Crippen molar-refractivity contribution in [3.05, 3.63) is 30.1 Å². The number of hydrogen-bond acceptors (Lipinski definition) is 3. The van der Waals surface area contributed by atoms with E-state index < -0.39 is 0 Å². The molecule has 0 fully saturated rings. The Morgan fingerprint density at radius 2 is 2.38 bits per heavy atom. The Hall–Kier alpha value is -1.39. The Balaban J connectivity index is 2.37. The van der Waals surface area contributed by atoms with Gasteiger partial charge in [0.2, 0.25) is 0 Å². The number of rotatable bonds is 3. The minimum absolute atomic E-state index is 0.520. The molecule has 68 valence electrons. The van der Waals surface area contributed by atoms with Gasteiger partial charge in [-0.25, -0.2) is 10.9 Å². The fourth-order valence-electron chi connectivity index (χ4n) is 1.40. The number of para-hydroxylation sites is 1. The lowest BCUT2D eigenvalue weighted by Crippen LogP contribution is -2.03. The van der Waals surface area contributed by atoms with E-state index >= 15 is 0 Å². The van der Waals surface area contributed by atoms with Crippen LogP contribution in [0.1, 0.15) is 5.56 Å². The molecule has 0 aliphatic carbocycles. The Morgan fingerprint density at radius 1 is 1.46 bits per heavy atom. The highest BCUT2D eigenvalue weighted by molar-refractivity contribution is 5.78. The summed E-state index contributed by atoms with van der Waals surface area (Å²) in [5, 5.41) is 0. The maximum Gasteiger partial charge on any atom is 0.0931 e. The molecule has 0 spiro atoms. The first-order valence-electron chi connectivity index (χ1n) is 4.14. The molecule has 0 bridgehead atoms. The van der Waals surface area contributed by atoms with Gasteiger partial charge in [0.05, 0.1) is 24.0 Å². The molecular weight excluding hydrogens is 166 g/mol. The summed E-state index contributed by atoms with van der Waals surface area (Å²) in [5.41, 5.74) is 3.21. The van der Waals surface area contributed by atoms with Gasteiger partial charge in [0.25, 0.3) is 0 Å². The average Bonchev–Trinajstić information content (AvgIpc) is 2.62. The second-order valence-corrected chi connectivity index (χ2v) is 2.84. The quantitative estimate of drug-likeness (QED) is 0.687. The molecular formula is C9H11N3O. The number of benzene rings is 1. The molecule has 4 heteroatoms. The molecule has 0 radical (unpaired) electrons. The zero-order valence-corrected chi connectivity index (χ0v) is 7.16. The average molecular weight is 177 g/mol. The van der Waals surface area contributed by atoms with Gasteiger partial charge >= 0.3 is 0 Å². The van der Waals surface area contributed by atoms with E-state index in [-0.39, 0.29) is 0 Å². The van der Waals surface area contributed by atoms with Crippen molar-refractivity contribution in [2.24, 2.45) is 5.90 Å². The molecule has 4 nitrogen and oxygen atoms in total. The standard InChI is InChI=1S/C9H11N3O/c10-13-5-4-7-2-1-3-8-9(7)12-6-11-8/h1-3,6H,4-5,10H2,(H,11,12). The molecule has 0 aliphatic rings. The van der Waals surface area contributed by atoms with Crippen LogP contribution in [0.5, 0.6) is 0 Å². The number of aromatic amines is 1. The summed E-state index contributed by atoms with van der Waals surface area (Å²) in [4.78, 5) is 11.8. The Morgan fingerprint density at radius 3 is 3.23 bits per heavy atom. The highest BCUT2D eigenvalue weighted by atomic mass is 16.6. The third-order valence-electron chi connectivity index (χ3n) is 2.02. The van der Waals surface area contributed by atoms with Crippen molar-refractivity contribution in [2.45, 2.75) is 6.42 Å². The normalized spacial score (nSPS) is 10.8. The predicted octanol–water partition coefficient (Wildman–Crippen LogP) is 0.996. The zero-order valence-electron chi connectivity index (χ0n) is 7.16. The van der Waals surface area contributed by atoms with Crippen LogP contribution in [0.4, 0.5) is 0 Å². The van der Waals surface area contributed by atoms with Crippen molar-refractivity contribution in [3.8, 4) is 0 Å². The molecule has 0 atom stereocenters.